The van der Waals surface area contributed by atoms with E-state index in [4.69, 9.17) is 0 Å². The smallest absolute Gasteiger partial charge is 0.252 e. The molecule has 1 fully saturated rings. The summed E-state index contributed by atoms with van der Waals surface area (Å²) in [6.45, 7) is 1.53. The average molecular weight is 285 g/mol. The Morgan fingerprint density at radius 2 is 2.05 bits per heavy atom. The molecule has 1 saturated carbocycles. The first-order chi connectivity index (χ1) is 10.2. The van der Waals surface area contributed by atoms with E-state index in [0.29, 0.717) is 23.7 Å². The second kappa shape index (κ2) is 6.10. The zero-order valence-corrected chi connectivity index (χ0v) is 11.8. The van der Waals surface area contributed by atoms with Crippen LogP contribution in [0.25, 0.3) is 10.9 Å². The normalized spacial score (nSPS) is 14.3. The number of fused-ring (bicyclic) bond motifs is 1. The van der Waals surface area contributed by atoms with Crippen LogP contribution in [0.2, 0.25) is 0 Å². The van der Waals surface area contributed by atoms with Crippen molar-refractivity contribution in [3.63, 3.8) is 0 Å². The predicted molar refractivity (Wildman–Crippen MR) is 82.5 cm³/mol. The van der Waals surface area contributed by atoms with Crippen LogP contribution >= 0.6 is 0 Å². The fourth-order valence-corrected chi connectivity index (χ4v) is 2.37. The van der Waals surface area contributed by atoms with Crippen LogP contribution in [0.15, 0.2) is 35.1 Å². The number of para-hydroxylation sites is 1. The molecule has 3 rings (SSSR count). The fraction of sp³-hybridized carbons (Fsp3) is 0.375. The van der Waals surface area contributed by atoms with Gasteiger partial charge in [-0.15, -0.1) is 0 Å². The van der Waals surface area contributed by atoms with Gasteiger partial charge < -0.3 is 15.6 Å². The van der Waals surface area contributed by atoms with E-state index < -0.39 is 0 Å². The van der Waals surface area contributed by atoms with Gasteiger partial charge in [0, 0.05) is 29.6 Å². The number of nitrogens with one attached hydrogen (secondary N) is 3. The minimum absolute atomic E-state index is 0.191. The van der Waals surface area contributed by atoms with Crippen molar-refractivity contribution in [3.8, 4) is 0 Å². The van der Waals surface area contributed by atoms with Gasteiger partial charge in [0.1, 0.15) is 0 Å². The molecule has 21 heavy (non-hydrogen) atoms. The standard InChI is InChI=1S/C16H19N3O2/c20-15-10-13(12-4-1-2-5-14(12)19-15)16(21)18-9-3-8-17-11-6-7-11/h1-2,4-5,10-11,17H,3,6-9H2,(H,18,21)(H,19,20). The van der Waals surface area contributed by atoms with Crippen molar-refractivity contribution in [1.82, 2.24) is 15.6 Å². The number of rotatable bonds is 6. The summed E-state index contributed by atoms with van der Waals surface area (Å²) in [6, 6.07) is 9.39. The molecule has 0 aliphatic heterocycles. The second-order valence-electron chi connectivity index (χ2n) is 5.43. The molecule has 0 unspecified atom stereocenters. The molecule has 0 spiro atoms. The molecule has 0 radical (unpaired) electrons. The Hall–Kier alpha value is -2.14. The summed E-state index contributed by atoms with van der Waals surface area (Å²) in [7, 11) is 0. The third-order valence-corrected chi connectivity index (χ3v) is 3.64. The van der Waals surface area contributed by atoms with Gasteiger partial charge in [0.2, 0.25) is 5.56 Å². The van der Waals surface area contributed by atoms with E-state index in [1.807, 2.05) is 18.2 Å². The van der Waals surface area contributed by atoms with Crippen molar-refractivity contribution < 1.29 is 4.79 Å². The maximum Gasteiger partial charge on any atom is 0.252 e. The summed E-state index contributed by atoms with van der Waals surface area (Å²) in [4.78, 5) is 26.6. The van der Waals surface area contributed by atoms with Crippen molar-refractivity contribution in [1.29, 1.82) is 0 Å². The summed E-state index contributed by atoms with van der Waals surface area (Å²) in [5.74, 6) is -0.191. The van der Waals surface area contributed by atoms with Crippen LogP contribution in [-0.4, -0.2) is 30.0 Å². The summed E-state index contributed by atoms with van der Waals surface area (Å²) < 4.78 is 0. The highest BCUT2D eigenvalue weighted by Crippen LogP contribution is 2.18. The Morgan fingerprint density at radius 1 is 1.24 bits per heavy atom. The summed E-state index contributed by atoms with van der Waals surface area (Å²) in [6.07, 6.45) is 3.43. The predicted octanol–water partition coefficient (Wildman–Crippen LogP) is 1.40. The van der Waals surface area contributed by atoms with Gasteiger partial charge in [-0.25, -0.2) is 0 Å². The molecular formula is C16H19N3O2. The molecule has 5 nitrogen and oxygen atoms in total. The Kier molecular flexibility index (Phi) is 4.01. The van der Waals surface area contributed by atoms with Crippen LogP contribution in [0.4, 0.5) is 0 Å². The highest BCUT2D eigenvalue weighted by atomic mass is 16.2. The number of carbonyl (C=O) groups excluding carboxylic acids is 1. The quantitative estimate of drug-likeness (QED) is 0.702. The van der Waals surface area contributed by atoms with Crippen LogP contribution in [0.5, 0.6) is 0 Å². The fourth-order valence-electron chi connectivity index (χ4n) is 2.37. The Bertz CT molecular complexity index is 704. The maximum absolute atomic E-state index is 12.2. The van der Waals surface area contributed by atoms with E-state index in [-0.39, 0.29) is 11.5 Å². The van der Waals surface area contributed by atoms with Crippen LogP contribution < -0.4 is 16.2 Å². The van der Waals surface area contributed by atoms with Crippen molar-refractivity contribution in [2.24, 2.45) is 0 Å². The van der Waals surface area contributed by atoms with Gasteiger partial charge in [-0.3, -0.25) is 9.59 Å². The molecule has 1 aliphatic rings. The highest BCUT2D eigenvalue weighted by molar-refractivity contribution is 6.05. The largest absolute Gasteiger partial charge is 0.352 e. The van der Waals surface area contributed by atoms with Gasteiger partial charge in [0.05, 0.1) is 5.56 Å². The van der Waals surface area contributed by atoms with Crippen molar-refractivity contribution >= 4 is 16.8 Å². The SMILES string of the molecule is O=C(NCCCNC1CC1)c1cc(=O)[nH]c2ccccc12. The number of carbonyl (C=O) groups is 1. The summed E-state index contributed by atoms with van der Waals surface area (Å²) >= 11 is 0. The number of amides is 1. The number of pyridine rings is 1. The van der Waals surface area contributed by atoms with E-state index in [2.05, 4.69) is 15.6 Å². The lowest BCUT2D eigenvalue weighted by Gasteiger charge is -2.08. The van der Waals surface area contributed by atoms with Gasteiger partial charge >= 0.3 is 0 Å². The molecule has 1 heterocycles. The maximum atomic E-state index is 12.2. The second-order valence-corrected chi connectivity index (χ2v) is 5.43. The van der Waals surface area contributed by atoms with Gasteiger partial charge in [-0.05, 0) is 31.9 Å². The molecule has 1 amide bonds. The first kappa shape index (κ1) is 13.8. The third-order valence-electron chi connectivity index (χ3n) is 3.64. The molecule has 1 aromatic carbocycles. The molecule has 0 saturated heterocycles. The summed E-state index contributed by atoms with van der Waals surface area (Å²) in [5, 5.41) is 7.05. The topological polar surface area (TPSA) is 74.0 Å². The molecule has 1 aliphatic carbocycles. The number of H-pyrrole nitrogens is 1. The number of aromatic amines is 1. The molecule has 0 atom stereocenters. The van der Waals surface area contributed by atoms with Gasteiger partial charge in [0.15, 0.2) is 0 Å². The van der Waals surface area contributed by atoms with E-state index in [9.17, 15) is 9.59 Å². The molecule has 5 heteroatoms. The van der Waals surface area contributed by atoms with E-state index in [1.165, 1.54) is 18.9 Å². The zero-order chi connectivity index (χ0) is 14.7. The average Bonchev–Trinajstić information content (AvgIpc) is 3.30. The Labute approximate surface area is 122 Å². The number of benzene rings is 1. The van der Waals surface area contributed by atoms with Gasteiger partial charge in [-0.2, -0.15) is 0 Å². The van der Waals surface area contributed by atoms with Crippen molar-refractivity contribution in [2.75, 3.05) is 13.1 Å². The Balaban J connectivity index is 1.64. The number of aromatic nitrogens is 1. The molecular weight excluding hydrogens is 266 g/mol. The van der Waals surface area contributed by atoms with E-state index in [0.717, 1.165) is 18.4 Å². The molecule has 2 aromatic rings. The first-order valence-corrected chi connectivity index (χ1v) is 7.38. The van der Waals surface area contributed by atoms with Crippen LogP contribution in [0.1, 0.15) is 29.6 Å². The molecule has 0 bridgehead atoms. The minimum atomic E-state index is -0.255. The lowest BCUT2D eigenvalue weighted by Crippen LogP contribution is -2.29. The molecule has 110 valence electrons. The minimum Gasteiger partial charge on any atom is -0.352 e. The zero-order valence-electron chi connectivity index (χ0n) is 11.8. The molecule has 3 N–H and O–H groups in total. The van der Waals surface area contributed by atoms with Gasteiger partial charge in [0.25, 0.3) is 5.91 Å². The van der Waals surface area contributed by atoms with Crippen LogP contribution in [-0.2, 0) is 0 Å². The van der Waals surface area contributed by atoms with Crippen LogP contribution in [0, 0.1) is 0 Å². The van der Waals surface area contributed by atoms with Crippen LogP contribution in [0.3, 0.4) is 0 Å². The lowest BCUT2D eigenvalue weighted by molar-refractivity contribution is 0.0954. The third kappa shape index (κ3) is 3.49. The first-order valence-electron chi connectivity index (χ1n) is 7.38. The van der Waals surface area contributed by atoms with Crippen molar-refractivity contribution in [2.45, 2.75) is 25.3 Å². The van der Waals surface area contributed by atoms with E-state index >= 15 is 0 Å². The van der Waals surface area contributed by atoms with E-state index in [1.54, 1.807) is 6.07 Å². The summed E-state index contributed by atoms with van der Waals surface area (Å²) in [5.41, 5.74) is 0.865. The monoisotopic (exact) mass is 285 g/mol. The number of hydrogen-bond donors (Lipinski definition) is 3. The van der Waals surface area contributed by atoms with Crippen molar-refractivity contribution in [3.05, 3.63) is 46.2 Å². The van der Waals surface area contributed by atoms with Gasteiger partial charge in [-0.1, -0.05) is 18.2 Å². The highest BCUT2D eigenvalue weighted by Gasteiger charge is 2.19. The molecule has 1 aromatic heterocycles. The lowest BCUT2D eigenvalue weighted by atomic mass is 10.1. The Morgan fingerprint density at radius 3 is 2.86 bits per heavy atom. The number of hydrogen-bond acceptors (Lipinski definition) is 3.